The van der Waals surface area contributed by atoms with Gasteiger partial charge in [0.15, 0.2) is 0 Å². The van der Waals surface area contributed by atoms with E-state index in [4.69, 9.17) is 5.26 Å². The third-order valence-corrected chi connectivity index (χ3v) is 2.71. The topological polar surface area (TPSA) is 27.0 Å². The highest BCUT2D eigenvalue weighted by molar-refractivity contribution is 5.22. The summed E-state index contributed by atoms with van der Waals surface area (Å²) in [6.45, 7) is 4.13. The summed E-state index contributed by atoms with van der Waals surface area (Å²) in [6.07, 6.45) is 2.71. The van der Waals surface area contributed by atoms with Crippen LogP contribution in [0.4, 0.5) is 0 Å². The molecule has 0 atom stereocenters. The fourth-order valence-corrected chi connectivity index (χ4v) is 1.70. The van der Waals surface area contributed by atoms with Crippen molar-refractivity contribution >= 4 is 0 Å². The number of hydrogen-bond donors (Lipinski definition) is 0. The Hall–Kier alpha value is -1.33. The third kappa shape index (κ3) is 4.46. The van der Waals surface area contributed by atoms with Crippen LogP contribution in [0.1, 0.15) is 30.9 Å². The summed E-state index contributed by atoms with van der Waals surface area (Å²) in [6, 6.07) is 10.9. The first kappa shape index (κ1) is 12.7. The summed E-state index contributed by atoms with van der Waals surface area (Å²) in [5.74, 6) is 0. The lowest BCUT2D eigenvalue weighted by Crippen LogP contribution is -2.18. The van der Waals surface area contributed by atoms with Gasteiger partial charge in [-0.05, 0) is 37.6 Å². The van der Waals surface area contributed by atoms with Crippen LogP contribution < -0.4 is 0 Å². The highest BCUT2D eigenvalue weighted by Gasteiger charge is 2.00. The Kier molecular flexibility index (Phi) is 5.60. The van der Waals surface area contributed by atoms with Crippen molar-refractivity contribution in [3.8, 4) is 6.07 Å². The Bertz CT molecular complexity index is 335. The molecule has 0 amide bonds. The zero-order valence-corrected chi connectivity index (χ0v) is 10.2. The molecule has 86 valence electrons. The van der Waals surface area contributed by atoms with E-state index in [9.17, 15) is 0 Å². The van der Waals surface area contributed by atoms with E-state index in [1.807, 2.05) is 0 Å². The lowest BCUT2D eigenvalue weighted by molar-refractivity contribution is 0.323. The van der Waals surface area contributed by atoms with Crippen LogP contribution in [-0.2, 0) is 13.0 Å². The molecule has 0 N–H and O–H groups in total. The molecule has 0 saturated carbocycles. The van der Waals surface area contributed by atoms with Crippen molar-refractivity contribution in [1.29, 1.82) is 5.26 Å². The Labute approximate surface area is 98.5 Å². The molecule has 0 saturated heterocycles. The van der Waals surface area contributed by atoms with Crippen molar-refractivity contribution in [2.24, 2.45) is 0 Å². The largest absolute Gasteiger partial charge is 0.302 e. The molecule has 0 spiro atoms. The smallest absolute Gasteiger partial charge is 0.0622 e. The van der Waals surface area contributed by atoms with E-state index < -0.39 is 0 Å². The highest BCUT2D eigenvalue weighted by Crippen LogP contribution is 2.07. The maximum atomic E-state index is 8.46. The van der Waals surface area contributed by atoms with Gasteiger partial charge in [-0.3, -0.25) is 0 Å². The average molecular weight is 216 g/mol. The predicted molar refractivity (Wildman–Crippen MR) is 67.0 cm³/mol. The van der Waals surface area contributed by atoms with Crippen molar-refractivity contribution in [3.05, 3.63) is 35.4 Å². The summed E-state index contributed by atoms with van der Waals surface area (Å²) in [5, 5.41) is 8.46. The summed E-state index contributed by atoms with van der Waals surface area (Å²) in [4.78, 5) is 2.26. The predicted octanol–water partition coefficient (Wildman–Crippen LogP) is 2.98. The molecule has 0 aromatic heterocycles. The number of rotatable bonds is 6. The summed E-state index contributed by atoms with van der Waals surface area (Å²) >= 11 is 0. The van der Waals surface area contributed by atoms with E-state index in [1.165, 1.54) is 11.1 Å². The first-order valence-corrected chi connectivity index (χ1v) is 5.89. The highest BCUT2D eigenvalue weighted by atomic mass is 15.1. The van der Waals surface area contributed by atoms with Crippen molar-refractivity contribution < 1.29 is 0 Å². The summed E-state index contributed by atoms with van der Waals surface area (Å²) in [5.41, 5.74) is 2.73. The maximum absolute atomic E-state index is 8.46. The van der Waals surface area contributed by atoms with Gasteiger partial charge < -0.3 is 4.90 Å². The van der Waals surface area contributed by atoms with E-state index in [0.29, 0.717) is 6.42 Å². The Morgan fingerprint density at radius 1 is 1.19 bits per heavy atom. The first-order valence-electron chi connectivity index (χ1n) is 5.89. The molecule has 16 heavy (non-hydrogen) atoms. The minimum atomic E-state index is 0.652. The van der Waals surface area contributed by atoms with Crippen LogP contribution in [-0.4, -0.2) is 18.5 Å². The first-order chi connectivity index (χ1) is 7.76. The minimum Gasteiger partial charge on any atom is -0.302 e. The molecule has 0 heterocycles. The van der Waals surface area contributed by atoms with Gasteiger partial charge in [0, 0.05) is 13.0 Å². The van der Waals surface area contributed by atoms with Crippen molar-refractivity contribution in [2.75, 3.05) is 13.6 Å². The van der Waals surface area contributed by atoms with Gasteiger partial charge in [0.2, 0.25) is 0 Å². The van der Waals surface area contributed by atoms with Gasteiger partial charge in [-0.1, -0.05) is 31.2 Å². The molecule has 0 unspecified atom stereocenters. The lowest BCUT2D eigenvalue weighted by atomic mass is 10.1. The molecule has 0 aliphatic rings. The van der Waals surface area contributed by atoms with Crippen LogP contribution in [0.5, 0.6) is 0 Å². The van der Waals surface area contributed by atoms with Gasteiger partial charge >= 0.3 is 0 Å². The number of benzene rings is 1. The van der Waals surface area contributed by atoms with Crippen molar-refractivity contribution in [2.45, 2.75) is 32.7 Å². The second-order valence-corrected chi connectivity index (χ2v) is 4.17. The van der Waals surface area contributed by atoms with Crippen molar-refractivity contribution in [3.63, 3.8) is 0 Å². The number of nitriles is 1. The molecule has 1 aromatic rings. The van der Waals surface area contributed by atoms with E-state index in [0.717, 1.165) is 25.9 Å². The lowest BCUT2D eigenvalue weighted by Gasteiger charge is -2.15. The van der Waals surface area contributed by atoms with Gasteiger partial charge in [0.25, 0.3) is 0 Å². The maximum Gasteiger partial charge on any atom is 0.0622 e. The van der Waals surface area contributed by atoms with Gasteiger partial charge in [-0.2, -0.15) is 5.26 Å². The zero-order valence-electron chi connectivity index (χ0n) is 10.2. The molecular formula is C14H20N2. The second-order valence-electron chi connectivity index (χ2n) is 4.17. The van der Waals surface area contributed by atoms with Gasteiger partial charge in [0.05, 0.1) is 6.07 Å². The molecule has 0 bridgehead atoms. The quantitative estimate of drug-likeness (QED) is 0.683. The van der Waals surface area contributed by atoms with Crippen LogP contribution in [0.3, 0.4) is 0 Å². The molecule has 1 aromatic carbocycles. The molecule has 2 nitrogen and oxygen atoms in total. The van der Waals surface area contributed by atoms with Crippen LogP contribution in [0.2, 0.25) is 0 Å². The Morgan fingerprint density at radius 3 is 2.38 bits per heavy atom. The molecule has 0 radical (unpaired) electrons. The average Bonchev–Trinajstić information content (AvgIpc) is 2.30. The number of nitrogens with zero attached hydrogens (tertiary/aromatic N) is 2. The van der Waals surface area contributed by atoms with Crippen LogP contribution in [0.15, 0.2) is 24.3 Å². The summed E-state index contributed by atoms with van der Waals surface area (Å²) in [7, 11) is 2.10. The molecule has 1 rings (SSSR count). The van der Waals surface area contributed by atoms with Crippen LogP contribution in [0, 0.1) is 11.3 Å². The van der Waals surface area contributed by atoms with Gasteiger partial charge in [-0.15, -0.1) is 0 Å². The SMILES string of the molecule is CCc1ccc(CN(C)CCCC#N)cc1. The molecular weight excluding hydrogens is 196 g/mol. The number of aryl methyl sites for hydroxylation is 1. The Balaban J connectivity index is 2.37. The minimum absolute atomic E-state index is 0.652. The number of hydrogen-bond acceptors (Lipinski definition) is 2. The van der Waals surface area contributed by atoms with Gasteiger partial charge in [-0.25, -0.2) is 0 Å². The second kappa shape index (κ2) is 7.03. The van der Waals surface area contributed by atoms with Crippen molar-refractivity contribution in [1.82, 2.24) is 4.90 Å². The third-order valence-electron chi connectivity index (χ3n) is 2.71. The van der Waals surface area contributed by atoms with E-state index in [1.54, 1.807) is 0 Å². The fraction of sp³-hybridized carbons (Fsp3) is 0.500. The molecule has 2 heteroatoms. The molecule has 0 aliphatic heterocycles. The normalized spacial score (nSPS) is 10.4. The number of unbranched alkanes of at least 4 members (excludes halogenated alkanes) is 1. The van der Waals surface area contributed by atoms with Gasteiger partial charge in [0.1, 0.15) is 0 Å². The molecule has 0 aliphatic carbocycles. The fourth-order valence-electron chi connectivity index (χ4n) is 1.70. The van der Waals surface area contributed by atoms with E-state index >= 15 is 0 Å². The summed E-state index contributed by atoms with van der Waals surface area (Å²) < 4.78 is 0. The molecule has 0 fully saturated rings. The van der Waals surface area contributed by atoms with E-state index in [2.05, 4.69) is 49.2 Å². The Morgan fingerprint density at radius 2 is 1.81 bits per heavy atom. The van der Waals surface area contributed by atoms with E-state index in [-0.39, 0.29) is 0 Å². The zero-order chi connectivity index (χ0) is 11.8. The van der Waals surface area contributed by atoms with Crippen LogP contribution >= 0.6 is 0 Å². The standard InChI is InChI=1S/C14H20N2/c1-3-13-6-8-14(9-7-13)12-16(2)11-5-4-10-15/h6-9H,3-5,11-12H2,1-2H3. The van der Waals surface area contributed by atoms with Crippen LogP contribution in [0.25, 0.3) is 0 Å². The monoisotopic (exact) mass is 216 g/mol.